The molecule has 138 valence electrons. The number of anilines is 1. The molecule has 2 saturated heterocycles. The van der Waals surface area contributed by atoms with Gasteiger partial charge in [-0.05, 0) is 56.0 Å². The number of hydrogen-bond acceptors (Lipinski definition) is 6. The van der Waals surface area contributed by atoms with Crippen LogP contribution in [0.5, 0.6) is 0 Å². The van der Waals surface area contributed by atoms with Gasteiger partial charge in [-0.25, -0.2) is 9.97 Å². The summed E-state index contributed by atoms with van der Waals surface area (Å²) in [5, 5.41) is 0. The van der Waals surface area contributed by atoms with Crippen LogP contribution >= 0.6 is 0 Å². The van der Waals surface area contributed by atoms with Crippen LogP contribution in [0.3, 0.4) is 0 Å². The number of methoxy groups -OCH3 is 1. The molecule has 6 heteroatoms. The molecule has 4 rings (SSSR count). The summed E-state index contributed by atoms with van der Waals surface area (Å²) in [6.45, 7) is 4.96. The van der Waals surface area contributed by atoms with Crippen molar-refractivity contribution in [2.24, 2.45) is 5.41 Å². The van der Waals surface area contributed by atoms with Crippen LogP contribution in [0.15, 0.2) is 42.9 Å². The highest BCUT2D eigenvalue weighted by molar-refractivity contribution is 5.35. The number of rotatable bonds is 5. The average molecular weight is 353 g/mol. The molecular formula is C20H27N5O. The average Bonchev–Trinajstić information content (AvgIpc) is 3.04. The molecular weight excluding hydrogens is 326 g/mol. The fourth-order valence-corrected chi connectivity index (χ4v) is 4.45. The Hall–Kier alpha value is -2.05. The molecule has 2 aromatic rings. The molecule has 2 fully saturated rings. The number of ether oxygens (including phenoxy) is 1. The van der Waals surface area contributed by atoms with Crippen LogP contribution in [-0.4, -0.2) is 59.2 Å². The molecule has 2 aliphatic rings. The zero-order chi connectivity index (χ0) is 17.8. The van der Waals surface area contributed by atoms with Gasteiger partial charge in [-0.3, -0.25) is 9.88 Å². The fraction of sp³-hybridized carbons (Fsp3) is 0.550. The topological polar surface area (TPSA) is 54.4 Å². The molecule has 0 aromatic carbocycles. The SMILES string of the molecule is COC[C@H]1CC2(CCN(Cc3ccccn3)CC2)CN1c1ncccn1. The van der Waals surface area contributed by atoms with E-state index in [4.69, 9.17) is 4.74 Å². The van der Waals surface area contributed by atoms with E-state index in [1.807, 2.05) is 30.7 Å². The van der Waals surface area contributed by atoms with Gasteiger partial charge in [0.1, 0.15) is 0 Å². The van der Waals surface area contributed by atoms with Crippen molar-refractivity contribution in [3.05, 3.63) is 48.5 Å². The van der Waals surface area contributed by atoms with E-state index in [0.29, 0.717) is 11.5 Å². The molecule has 0 saturated carbocycles. The molecule has 0 aliphatic carbocycles. The smallest absolute Gasteiger partial charge is 0.225 e. The molecule has 6 nitrogen and oxygen atoms in total. The molecule has 26 heavy (non-hydrogen) atoms. The van der Waals surface area contributed by atoms with Gasteiger partial charge >= 0.3 is 0 Å². The minimum absolute atomic E-state index is 0.350. The van der Waals surface area contributed by atoms with Crippen LogP contribution in [0, 0.1) is 5.41 Å². The Morgan fingerprint density at radius 2 is 1.85 bits per heavy atom. The number of pyridine rings is 1. The van der Waals surface area contributed by atoms with E-state index < -0.39 is 0 Å². The number of piperidine rings is 1. The number of nitrogens with zero attached hydrogens (tertiary/aromatic N) is 5. The number of likely N-dealkylation sites (tertiary alicyclic amines) is 1. The quantitative estimate of drug-likeness (QED) is 0.823. The highest BCUT2D eigenvalue weighted by Crippen LogP contribution is 2.44. The maximum Gasteiger partial charge on any atom is 0.225 e. The van der Waals surface area contributed by atoms with Crippen LogP contribution in [0.2, 0.25) is 0 Å². The van der Waals surface area contributed by atoms with Crippen molar-refractivity contribution >= 4 is 5.95 Å². The summed E-state index contributed by atoms with van der Waals surface area (Å²) in [6.07, 6.45) is 9.12. The van der Waals surface area contributed by atoms with Crippen LogP contribution in [0.1, 0.15) is 25.0 Å². The maximum absolute atomic E-state index is 5.50. The largest absolute Gasteiger partial charge is 0.383 e. The van der Waals surface area contributed by atoms with Gasteiger partial charge in [0.2, 0.25) is 5.95 Å². The van der Waals surface area contributed by atoms with Crippen molar-refractivity contribution in [3.63, 3.8) is 0 Å². The molecule has 0 amide bonds. The van der Waals surface area contributed by atoms with Crippen molar-refractivity contribution in [1.29, 1.82) is 0 Å². The third kappa shape index (κ3) is 3.71. The highest BCUT2D eigenvalue weighted by Gasteiger charge is 2.46. The molecule has 1 spiro atoms. The second-order valence-corrected chi connectivity index (χ2v) is 7.59. The van der Waals surface area contributed by atoms with E-state index in [9.17, 15) is 0 Å². The van der Waals surface area contributed by atoms with Crippen molar-refractivity contribution in [2.75, 3.05) is 38.3 Å². The monoisotopic (exact) mass is 353 g/mol. The molecule has 4 heterocycles. The maximum atomic E-state index is 5.50. The lowest BCUT2D eigenvalue weighted by molar-refractivity contribution is 0.105. The van der Waals surface area contributed by atoms with E-state index >= 15 is 0 Å². The van der Waals surface area contributed by atoms with Gasteiger partial charge in [-0.15, -0.1) is 0 Å². The minimum atomic E-state index is 0.350. The summed E-state index contributed by atoms with van der Waals surface area (Å²) >= 11 is 0. The van der Waals surface area contributed by atoms with E-state index in [1.165, 1.54) is 12.8 Å². The number of aromatic nitrogens is 3. The number of hydrogen-bond donors (Lipinski definition) is 0. The Labute approximate surface area is 155 Å². The normalized spacial score (nSPS) is 22.8. The standard InChI is InChI=1S/C20H27N5O/c1-26-15-18-13-20(16-25(18)19-22-9-4-10-23-19)6-11-24(12-7-20)14-17-5-2-3-8-21-17/h2-5,8-10,18H,6-7,11-16H2,1H3/t18-/m1/s1. The summed E-state index contributed by atoms with van der Waals surface area (Å²) in [6, 6.07) is 8.39. The summed E-state index contributed by atoms with van der Waals surface area (Å²) in [5.74, 6) is 0.836. The Morgan fingerprint density at radius 3 is 2.54 bits per heavy atom. The van der Waals surface area contributed by atoms with Crippen LogP contribution in [0.4, 0.5) is 5.95 Å². The van der Waals surface area contributed by atoms with Gasteiger partial charge in [0.15, 0.2) is 0 Å². The van der Waals surface area contributed by atoms with E-state index in [1.54, 1.807) is 7.11 Å². The van der Waals surface area contributed by atoms with E-state index in [-0.39, 0.29) is 0 Å². The zero-order valence-electron chi connectivity index (χ0n) is 15.4. The minimum Gasteiger partial charge on any atom is -0.383 e. The van der Waals surface area contributed by atoms with Gasteiger partial charge in [-0.2, -0.15) is 0 Å². The van der Waals surface area contributed by atoms with Crippen molar-refractivity contribution < 1.29 is 4.74 Å². The Bertz CT molecular complexity index is 688. The first-order valence-electron chi connectivity index (χ1n) is 9.43. The molecule has 2 aliphatic heterocycles. The molecule has 1 atom stereocenters. The van der Waals surface area contributed by atoms with Gasteiger partial charge < -0.3 is 9.64 Å². The first-order chi connectivity index (χ1) is 12.8. The van der Waals surface area contributed by atoms with Gasteiger partial charge in [0, 0.05) is 38.8 Å². The zero-order valence-corrected chi connectivity index (χ0v) is 15.4. The van der Waals surface area contributed by atoms with E-state index in [2.05, 4.69) is 36.9 Å². The second-order valence-electron chi connectivity index (χ2n) is 7.59. The summed E-state index contributed by atoms with van der Waals surface area (Å²) in [5.41, 5.74) is 1.51. The summed E-state index contributed by atoms with van der Waals surface area (Å²) < 4.78 is 5.50. The summed E-state index contributed by atoms with van der Waals surface area (Å²) in [7, 11) is 1.78. The predicted molar refractivity (Wildman–Crippen MR) is 101 cm³/mol. The lowest BCUT2D eigenvalue weighted by Crippen LogP contribution is -2.41. The molecule has 0 radical (unpaired) electrons. The van der Waals surface area contributed by atoms with Gasteiger partial charge in [0.05, 0.1) is 18.3 Å². The molecule has 0 bridgehead atoms. The van der Waals surface area contributed by atoms with E-state index in [0.717, 1.165) is 50.8 Å². The first kappa shape index (κ1) is 17.4. The van der Waals surface area contributed by atoms with Crippen molar-refractivity contribution in [2.45, 2.75) is 31.8 Å². The lowest BCUT2D eigenvalue weighted by atomic mass is 9.76. The fourth-order valence-electron chi connectivity index (χ4n) is 4.45. The molecule has 2 aromatic heterocycles. The van der Waals surface area contributed by atoms with Crippen LogP contribution in [0.25, 0.3) is 0 Å². The Kier molecular flexibility index (Phi) is 5.13. The van der Waals surface area contributed by atoms with Crippen LogP contribution in [-0.2, 0) is 11.3 Å². The van der Waals surface area contributed by atoms with Crippen LogP contribution < -0.4 is 4.90 Å². The Morgan fingerprint density at radius 1 is 1.08 bits per heavy atom. The van der Waals surface area contributed by atoms with Crippen molar-refractivity contribution in [1.82, 2.24) is 19.9 Å². The Balaban J connectivity index is 1.41. The second kappa shape index (κ2) is 7.68. The third-order valence-electron chi connectivity index (χ3n) is 5.81. The predicted octanol–water partition coefficient (Wildman–Crippen LogP) is 2.38. The van der Waals surface area contributed by atoms with Gasteiger partial charge in [0.25, 0.3) is 0 Å². The third-order valence-corrected chi connectivity index (χ3v) is 5.81. The van der Waals surface area contributed by atoms with Gasteiger partial charge in [-0.1, -0.05) is 6.07 Å². The van der Waals surface area contributed by atoms with Crippen molar-refractivity contribution in [3.8, 4) is 0 Å². The molecule has 0 unspecified atom stereocenters. The molecule has 0 N–H and O–H groups in total. The first-order valence-corrected chi connectivity index (χ1v) is 9.43. The summed E-state index contributed by atoms with van der Waals surface area (Å²) in [4.78, 5) is 18.3. The highest BCUT2D eigenvalue weighted by atomic mass is 16.5. The lowest BCUT2D eigenvalue weighted by Gasteiger charge is -2.39.